The molecule has 0 bridgehead atoms. The zero-order chi connectivity index (χ0) is 11.7. The Labute approximate surface area is 105 Å². The number of hydrogen-bond acceptors (Lipinski definition) is 1. The molecule has 1 aromatic heterocycles. The van der Waals surface area contributed by atoms with Crippen molar-refractivity contribution in [3.8, 4) is 0 Å². The fraction of sp³-hybridized carbons (Fsp3) is 0.385. The minimum absolute atomic E-state index is 0.498. The number of aromatic nitrogens is 1. The molecule has 3 heteroatoms. The quantitative estimate of drug-likeness (QED) is 0.914. The molecule has 0 saturated heterocycles. The van der Waals surface area contributed by atoms with E-state index in [1.807, 2.05) is 7.05 Å². The van der Waals surface area contributed by atoms with E-state index >= 15 is 0 Å². The van der Waals surface area contributed by atoms with Crippen molar-refractivity contribution in [1.29, 1.82) is 0 Å². The molecule has 1 atom stereocenters. The normalized spacial score (nSPS) is 13.2. The van der Waals surface area contributed by atoms with Crippen molar-refractivity contribution in [2.45, 2.75) is 19.4 Å². The van der Waals surface area contributed by atoms with Gasteiger partial charge in [-0.1, -0.05) is 22.0 Å². The Kier molecular flexibility index (Phi) is 3.36. The molecule has 1 heterocycles. The number of aryl methyl sites for hydroxylation is 1. The maximum Gasteiger partial charge on any atom is 0.0491 e. The summed E-state index contributed by atoms with van der Waals surface area (Å²) in [6, 6.07) is 6.85. The third-order valence-corrected chi connectivity index (χ3v) is 3.72. The molecule has 2 aromatic rings. The summed E-state index contributed by atoms with van der Waals surface area (Å²) >= 11 is 3.64. The molecule has 0 amide bonds. The summed E-state index contributed by atoms with van der Waals surface area (Å²) in [6.45, 7) is 2.20. The Hall–Kier alpha value is -0.800. The highest BCUT2D eigenvalue weighted by Crippen LogP contribution is 2.29. The minimum atomic E-state index is 0.498. The Morgan fingerprint density at radius 3 is 2.88 bits per heavy atom. The van der Waals surface area contributed by atoms with Gasteiger partial charge in [-0.25, -0.2) is 0 Å². The van der Waals surface area contributed by atoms with Gasteiger partial charge in [0.15, 0.2) is 0 Å². The van der Waals surface area contributed by atoms with Crippen molar-refractivity contribution in [3.05, 3.63) is 34.4 Å². The monoisotopic (exact) mass is 280 g/mol. The highest BCUT2D eigenvalue weighted by Gasteiger charge is 2.11. The van der Waals surface area contributed by atoms with E-state index in [0.717, 1.165) is 6.42 Å². The average Bonchev–Trinajstić information content (AvgIpc) is 2.57. The molecule has 1 aromatic carbocycles. The molecule has 86 valence electrons. The van der Waals surface area contributed by atoms with E-state index in [2.05, 4.69) is 64.2 Å². The van der Waals surface area contributed by atoms with Crippen molar-refractivity contribution >= 4 is 26.8 Å². The molecule has 0 saturated carbocycles. The van der Waals surface area contributed by atoms with Crippen molar-refractivity contribution in [2.75, 3.05) is 7.05 Å². The van der Waals surface area contributed by atoms with Gasteiger partial charge in [0.25, 0.3) is 0 Å². The molecule has 0 spiro atoms. The zero-order valence-corrected chi connectivity index (χ0v) is 11.5. The first-order chi connectivity index (χ1) is 7.63. The van der Waals surface area contributed by atoms with Crippen LogP contribution in [0.25, 0.3) is 10.9 Å². The highest BCUT2D eigenvalue weighted by molar-refractivity contribution is 9.10. The van der Waals surface area contributed by atoms with E-state index in [1.54, 1.807) is 0 Å². The van der Waals surface area contributed by atoms with Crippen LogP contribution in [-0.4, -0.2) is 17.7 Å². The van der Waals surface area contributed by atoms with Crippen LogP contribution in [0.4, 0.5) is 0 Å². The highest BCUT2D eigenvalue weighted by atomic mass is 79.9. The second-order valence-corrected chi connectivity index (χ2v) is 5.15. The van der Waals surface area contributed by atoms with E-state index in [0.29, 0.717) is 6.04 Å². The lowest BCUT2D eigenvalue weighted by Crippen LogP contribution is -2.23. The second kappa shape index (κ2) is 4.60. The summed E-state index contributed by atoms with van der Waals surface area (Å²) in [6.07, 6.45) is 3.28. The molecule has 1 N–H and O–H groups in total. The number of fused-ring (bicyclic) bond motifs is 1. The molecular weight excluding hydrogens is 264 g/mol. The van der Waals surface area contributed by atoms with Crippen molar-refractivity contribution in [1.82, 2.24) is 9.88 Å². The van der Waals surface area contributed by atoms with Crippen LogP contribution in [-0.2, 0) is 13.5 Å². The minimum Gasteiger partial charge on any atom is -0.350 e. The summed E-state index contributed by atoms with van der Waals surface area (Å²) in [7, 11) is 4.10. The van der Waals surface area contributed by atoms with Crippen LogP contribution >= 0.6 is 15.9 Å². The smallest absolute Gasteiger partial charge is 0.0491 e. The Bertz CT molecular complexity index is 502. The van der Waals surface area contributed by atoms with Crippen molar-refractivity contribution < 1.29 is 0 Å². The predicted octanol–water partition coefficient (Wildman–Crippen LogP) is 3.09. The van der Waals surface area contributed by atoms with Crippen LogP contribution < -0.4 is 5.32 Å². The average molecular weight is 281 g/mol. The third kappa shape index (κ3) is 2.02. The summed E-state index contributed by atoms with van der Waals surface area (Å²) in [5.41, 5.74) is 2.68. The fourth-order valence-corrected chi connectivity index (χ4v) is 2.69. The number of rotatable bonds is 3. The Balaban J connectivity index is 2.53. The van der Waals surface area contributed by atoms with Gasteiger partial charge in [0.1, 0.15) is 0 Å². The van der Waals surface area contributed by atoms with Gasteiger partial charge < -0.3 is 9.88 Å². The maximum atomic E-state index is 3.64. The van der Waals surface area contributed by atoms with Gasteiger partial charge in [0.05, 0.1) is 0 Å². The first kappa shape index (κ1) is 11.7. The molecular formula is C13H17BrN2. The number of nitrogens with one attached hydrogen (secondary N) is 1. The van der Waals surface area contributed by atoms with Crippen LogP contribution in [0.5, 0.6) is 0 Å². The third-order valence-electron chi connectivity index (χ3n) is 3.06. The van der Waals surface area contributed by atoms with E-state index in [1.165, 1.54) is 20.9 Å². The maximum absolute atomic E-state index is 3.64. The van der Waals surface area contributed by atoms with Crippen LogP contribution in [0.15, 0.2) is 28.9 Å². The number of likely N-dealkylation sites (N-methyl/N-ethyl adjacent to an activating group) is 1. The molecule has 0 aliphatic carbocycles. The number of halogens is 1. The largest absolute Gasteiger partial charge is 0.350 e. The lowest BCUT2D eigenvalue weighted by atomic mass is 10.1. The van der Waals surface area contributed by atoms with Gasteiger partial charge in [-0.15, -0.1) is 0 Å². The summed E-state index contributed by atoms with van der Waals surface area (Å²) in [4.78, 5) is 0. The van der Waals surface area contributed by atoms with E-state index in [4.69, 9.17) is 0 Å². The van der Waals surface area contributed by atoms with Crippen molar-refractivity contribution in [3.63, 3.8) is 0 Å². The Morgan fingerprint density at radius 1 is 1.44 bits per heavy atom. The number of hydrogen-bond donors (Lipinski definition) is 1. The molecule has 0 radical (unpaired) electrons. The van der Waals surface area contributed by atoms with Gasteiger partial charge in [0.2, 0.25) is 0 Å². The van der Waals surface area contributed by atoms with Crippen molar-refractivity contribution in [2.24, 2.45) is 7.05 Å². The lowest BCUT2D eigenvalue weighted by molar-refractivity contribution is 0.609. The van der Waals surface area contributed by atoms with Crippen LogP contribution in [0.3, 0.4) is 0 Å². The first-order valence-electron chi connectivity index (χ1n) is 5.53. The summed E-state index contributed by atoms with van der Waals surface area (Å²) in [5, 5.41) is 4.62. The summed E-state index contributed by atoms with van der Waals surface area (Å²) < 4.78 is 3.38. The van der Waals surface area contributed by atoms with E-state index in [9.17, 15) is 0 Å². The SMILES string of the molecule is CNC(C)Cc1cn(C)c2cccc(Br)c12. The Morgan fingerprint density at radius 2 is 2.19 bits per heavy atom. The molecule has 0 aliphatic heterocycles. The van der Waals surface area contributed by atoms with Gasteiger partial charge in [-0.05, 0) is 38.1 Å². The fourth-order valence-electron chi connectivity index (χ4n) is 2.08. The topological polar surface area (TPSA) is 17.0 Å². The van der Waals surface area contributed by atoms with Gasteiger partial charge in [-0.3, -0.25) is 0 Å². The number of benzene rings is 1. The molecule has 1 unspecified atom stereocenters. The number of nitrogens with zero attached hydrogens (tertiary/aromatic N) is 1. The molecule has 0 fully saturated rings. The standard InChI is InChI=1S/C13H17BrN2/c1-9(15-2)7-10-8-16(3)12-6-4-5-11(14)13(10)12/h4-6,8-9,15H,7H2,1-3H3. The lowest BCUT2D eigenvalue weighted by Gasteiger charge is -2.09. The molecule has 0 aliphatic rings. The predicted molar refractivity (Wildman–Crippen MR) is 72.8 cm³/mol. The van der Waals surface area contributed by atoms with E-state index in [-0.39, 0.29) is 0 Å². The summed E-state index contributed by atoms with van der Waals surface area (Å²) in [5.74, 6) is 0. The van der Waals surface area contributed by atoms with Crippen LogP contribution in [0.1, 0.15) is 12.5 Å². The molecule has 2 rings (SSSR count). The molecule has 2 nitrogen and oxygen atoms in total. The van der Waals surface area contributed by atoms with Crippen LogP contribution in [0, 0.1) is 0 Å². The van der Waals surface area contributed by atoms with Gasteiger partial charge in [-0.2, -0.15) is 0 Å². The van der Waals surface area contributed by atoms with Gasteiger partial charge in [0, 0.05) is 34.7 Å². The van der Waals surface area contributed by atoms with E-state index < -0.39 is 0 Å². The first-order valence-corrected chi connectivity index (χ1v) is 6.32. The van der Waals surface area contributed by atoms with Gasteiger partial charge >= 0.3 is 0 Å². The zero-order valence-electron chi connectivity index (χ0n) is 9.92. The molecule has 16 heavy (non-hydrogen) atoms. The van der Waals surface area contributed by atoms with Crippen LogP contribution in [0.2, 0.25) is 0 Å². The second-order valence-electron chi connectivity index (χ2n) is 4.29.